The molecule has 3 heteroatoms. The summed E-state index contributed by atoms with van der Waals surface area (Å²) in [5, 5.41) is 5.76. The fourth-order valence-electron chi connectivity index (χ4n) is 1.94. The molecule has 1 atom stereocenters. The SMILES string of the molecule is Cc1ccc(NC(=O)NC(C)c2ccc(C)cc2)cc1. The van der Waals surface area contributed by atoms with Crippen LogP contribution >= 0.6 is 0 Å². The van der Waals surface area contributed by atoms with Crippen molar-refractivity contribution in [2.75, 3.05) is 5.32 Å². The minimum atomic E-state index is -0.193. The van der Waals surface area contributed by atoms with E-state index in [1.54, 1.807) is 0 Å². The summed E-state index contributed by atoms with van der Waals surface area (Å²) in [5.41, 5.74) is 4.27. The normalized spacial score (nSPS) is 11.8. The number of aryl methyl sites for hydroxylation is 2. The van der Waals surface area contributed by atoms with Crippen molar-refractivity contribution in [2.24, 2.45) is 0 Å². The number of anilines is 1. The predicted molar refractivity (Wildman–Crippen MR) is 82.9 cm³/mol. The number of carbonyl (C=O) groups is 1. The van der Waals surface area contributed by atoms with Crippen LogP contribution in [0.4, 0.5) is 10.5 Å². The topological polar surface area (TPSA) is 41.1 Å². The van der Waals surface area contributed by atoms with E-state index >= 15 is 0 Å². The van der Waals surface area contributed by atoms with Crippen molar-refractivity contribution < 1.29 is 4.79 Å². The van der Waals surface area contributed by atoms with Crippen LogP contribution in [0.3, 0.4) is 0 Å². The van der Waals surface area contributed by atoms with E-state index in [1.165, 1.54) is 11.1 Å². The smallest absolute Gasteiger partial charge is 0.319 e. The molecule has 0 heterocycles. The summed E-state index contributed by atoms with van der Waals surface area (Å²) in [7, 11) is 0. The largest absolute Gasteiger partial charge is 0.331 e. The van der Waals surface area contributed by atoms with Gasteiger partial charge in [0.1, 0.15) is 0 Å². The Labute approximate surface area is 120 Å². The highest BCUT2D eigenvalue weighted by Crippen LogP contribution is 2.14. The number of rotatable bonds is 3. The number of benzene rings is 2. The van der Waals surface area contributed by atoms with Crippen LogP contribution < -0.4 is 10.6 Å². The summed E-state index contributed by atoms with van der Waals surface area (Å²) in [6, 6.07) is 15.7. The molecule has 2 amide bonds. The van der Waals surface area contributed by atoms with E-state index < -0.39 is 0 Å². The minimum absolute atomic E-state index is 0.0268. The van der Waals surface area contributed by atoms with E-state index in [-0.39, 0.29) is 12.1 Å². The molecule has 0 radical (unpaired) electrons. The Bertz CT molecular complexity index is 573. The summed E-state index contributed by atoms with van der Waals surface area (Å²) < 4.78 is 0. The lowest BCUT2D eigenvalue weighted by Crippen LogP contribution is -2.31. The molecule has 0 saturated carbocycles. The van der Waals surface area contributed by atoms with Crippen LogP contribution in [0.5, 0.6) is 0 Å². The first-order valence-electron chi connectivity index (χ1n) is 6.75. The Kier molecular flexibility index (Phi) is 4.41. The fraction of sp³-hybridized carbons (Fsp3) is 0.235. The highest BCUT2D eigenvalue weighted by atomic mass is 16.2. The average molecular weight is 268 g/mol. The fourth-order valence-corrected chi connectivity index (χ4v) is 1.94. The van der Waals surface area contributed by atoms with Gasteiger partial charge in [-0.05, 0) is 38.5 Å². The molecule has 0 aliphatic rings. The van der Waals surface area contributed by atoms with Crippen LogP contribution in [0, 0.1) is 13.8 Å². The van der Waals surface area contributed by atoms with Gasteiger partial charge in [-0.25, -0.2) is 4.79 Å². The van der Waals surface area contributed by atoms with Gasteiger partial charge in [-0.2, -0.15) is 0 Å². The quantitative estimate of drug-likeness (QED) is 0.861. The third kappa shape index (κ3) is 3.85. The Morgan fingerprint density at radius 3 is 1.95 bits per heavy atom. The maximum absolute atomic E-state index is 11.9. The zero-order chi connectivity index (χ0) is 14.5. The predicted octanol–water partition coefficient (Wildman–Crippen LogP) is 4.19. The third-order valence-electron chi connectivity index (χ3n) is 3.23. The second-order valence-electron chi connectivity index (χ2n) is 5.10. The van der Waals surface area contributed by atoms with Crippen molar-refractivity contribution in [2.45, 2.75) is 26.8 Å². The summed E-state index contributed by atoms with van der Waals surface area (Å²) >= 11 is 0. The first-order chi connectivity index (χ1) is 9.54. The van der Waals surface area contributed by atoms with Gasteiger partial charge in [-0.15, -0.1) is 0 Å². The maximum Gasteiger partial charge on any atom is 0.319 e. The van der Waals surface area contributed by atoms with Crippen molar-refractivity contribution in [1.29, 1.82) is 0 Å². The van der Waals surface area contributed by atoms with Gasteiger partial charge in [0, 0.05) is 5.69 Å². The molecule has 2 aromatic rings. The molecule has 0 aromatic heterocycles. The van der Waals surface area contributed by atoms with Crippen LogP contribution in [0.2, 0.25) is 0 Å². The second-order valence-corrected chi connectivity index (χ2v) is 5.10. The molecule has 20 heavy (non-hydrogen) atoms. The number of carbonyl (C=O) groups excluding carboxylic acids is 1. The molecule has 1 unspecified atom stereocenters. The average Bonchev–Trinajstić information content (AvgIpc) is 2.42. The van der Waals surface area contributed by atoms with Crippen molar-refractivity contribution in [3.8, 4) is 0 Å². The van der Waals surface area contributed by atoms with Crippen LogP contribution in [0.15, 0.2) is 48.5 Å². The van der Waals surface area contributed by atoms with E-state index in [2.05, 4.69) is 10.6 Å². The minimum Gasteiger partial charge on any atom is -0.331 e. The molecular formula is C17H20N2O. The molecule has 0 aliphatic heterocycles. The van der Waals surface area contributed by atoms with Crippen LogP contribution in [0.25, 0.3) is 0 Å². The Balaban J connectivity index is 1.93. The molecule has 0 fully saturated rings. The zero-order valence-electron chi connectivity index (χ0n) is 12.1. The molecule has 2 N–H and O–H groups in total. The van der Waals surface area contributed by atoms with Crippen LogP contribution in [0.1, 0.15) is 29.7 Å². The number of nitrogens with one attached hydrogen (secondary N) is 2. The first-order valence-corrected chi connectivity index (χ1v) is 6.75. The van der Waals surface area contributed by atoms with Gasteiger partial charge >= 0.3 is 6.03 Å². The first kappa shape index (κ1) is 14.1. The number of urea groups is 1. The van der Waals surface area contributed by atoms with Crippen molar-refractivity contribution in [3.05, 3.63) is 65.2 Å². The molecule has 104 valence electrons. The van der Waals surface area contributed by atoms with Crippen molar-refractivity contribution in [3.63, 3.8) is 0 Å². The second kappa shape index (κ2) is 6.24. The van der Waals surface area contributed by atoms with Crippen molar-refractivity contribution >= 4 is 11.7 Å². The van der Waals surface area contributed by atoms with Crippen LogP contribution in [-0.4, -0.2) is 6.03 Å². The number of hydrogen-bond acceptors (Lipinski definition) is 1. The van der Waals surface area contributed by atoms with Gasteiger partial charge in [0.25, 0.3) is 0 Å². The Hall–Kier alpha value is -2.29. The number of hydrogen-bond donors (Lipinski definition) is 2. The lowest BCUT2D eigenvalue weighted by Gasteiger charge is -2.15. The van der Waals surface area contributed by atoms with Gasteiger partial charge in [-0.3, -0.25) is 0 Å². The monoisotopic (exact) mass is 268 g/mol. The van der Waals surface area contributed by atoms with Crippen molar-refractivity contribution in [1.82, 2.24) is 5.32 Å². The zero-order valence-corrected chi connectivity index (χ0v) is 12.1. The van der Waals surface area contributed by atoms with E-state index in [9.17, 15) is 4.79 Å². The Morgan fingerprint density at radius 2 is 1.40 bits per heavy atom. The summed E-state index contributed by atoms with van der Waals surface area (Å²) in [4.78, 5) is 11.9. The van der Waals surface area contributed by atoms with Gasteiger partial charge in [-0.1, -0.05) is 47.5 Å². The molecule has 0 saturated heterocycles. The van der Waals surface area contributed by atoms with Gasteiger partial charge < -0.3 is 10.6 Å². The lowest BCUT2D eigenvalue weighted by molar-refractivity contribution is 0.249. The van der Waals surface area contributed by atoms with Gasteiger partial charge in [0.15, 0.2) is 0 Å². The Morgan fingerprint density at radius 1 is 0.900 bits per heavy atom. The number of amides is 2. The molecular weight excluding hydrogens is 248 g/mol. The molecule has 3 nitrogen and oxygen atoms in total. The molecule has 2 aromatic carbocycles. The summed E-state index contributed by atoms with van der Waals surface area (Å²) in [6.45, 7) is 6.04. The standard InChI is InChI=1S/C17H20N2O/c1-12-4-8-15(9-5-12)14(3)18-17(20)19-16-10-6-13(2)7-11-16/h4-11,14H,1-3H3,(H2,18,19,20). The van der Waals surface area contributed by atoms with E-state index in [1.807, 2.05) is 69.3 Å². The summed E-state index contributed by atoms with van der Waals surface area (Å²) in [6.07, 6.45) is 0. The molecule has 0 aliphatic carbocycles. The molecule has 2 rings (SSSR count). The highest BCUT2D eigenvalue weighted by molar-refractivity contribution is 5.89. The van der Waals surface area contributed by atoms with Gasteiger partial charge in [0.05, 0.1) is 6.04 Å². The lowest BCUT2D eigenvalue weighted by atomic mass is 10.1. The third-order valence-corrected chi connectivity index (χ3v) is 3.23. The van der Waals surface area contributed by atoms with Crippen LogP contribution in [-0.2, 0) is 0 Å². The maximum atomic E-state index is 11.9. The summed E-state index contributed by atoms with van der Waals surface area (Å²) in [5.74, 6) is 0. The van der Waals surface area contributed by atoms with E-state index in [4.69, 9.17) is 0 Å². The molecule has 0 spiro atoms. The highest BCUT2D eigenvalue weighted by Gasteiger charge is 2.09. The molecule has 0 bridgehead atoms. The van der Waals surface area contributed by atoms with E-state index in [0.29, 0.717) is 0 Å². The van der Waals surface area contributed by atoms with Gasteiger partial charge in [0.2, 0.25) is 0 Å². The van der Waals surface area contributed by atoms with E-state index in [0.717, 1.165) is 11.3 Å².